The Balaban J connectivity index is 2.16. The van der Waals surface area contributed by atoms with Crippen LogP contribution in [-0.4, -0.2) is 10.9 Å². The van der Waals surface area contributed by atoms with E-state index in [0.29, 0.717) is 11.3 Å². The topological polar surface area (TPSA) is 42.0 Å². The number of anilines is 1. The molecule has 1 atom stereocenters. The maximum Gasteiger partial charge on any atom is 0.418 e. The summed E-state index contributed by atoms with van der Waals surface area (Å²) in [5.41, 5.74) is 0.0573. The molecule has 3 rings (SSSR count). The Morgan fingerprint density at radius 3 is 2.62 bits per heavy atom. The third kappa shape index (κ3) is 2.49. The number of halogens is 3. The van der Waals surface area contributed by atoms with Crippen LogP contribution in [0.2, 0.25) is 0 Å². The van der Waals surface area contributed by atoms with Gasteiger partial charge in [-0.15, -0.1) is 0 Å². The predicted octanol–water partition coefficient (Wildman–Crippen LogP) is 3.57. The molecule has 0 aliphatic carbocycles. The van der Waals surface area contributed by atoms with Crippen molar-refractivity contribution in [3.8, 4) is 0 Å². The van der Waals surface area contributed by atoms with Crippen molar-refractivity contribution in [3.63, 3.8) is 0 Å². The first-order chi connectivity index (χ1) is 9.97. The molecule has 0 saturated carbocycles. The van der Waals surface area contributed by atoms with E-state index in [-0.39, 0.29) is 12.1 Å². The molecule has 0 bridgehead atoms. The summed E-state index contributed by atoms with van der Waals surface area (Å²) < 4.78 is 39.2. The number of aromatic nitrogens is 1. The van der Waals surface area contributed by atoms with Crippen molar-refractivity contribution >= 4 is 11.6 Å². The van der Waals surface area contributed by atoms with Crippen LogP contribution in [0.3, 0.4) is 0 Å². The van der Waals surface area contributed by atoms with E-state index < -0.39 is 23.6 Å². The Bertz CT molecular complexity index is 683. The molecular formula is C15H11F3N2O. The number of carbonyl (C=O) groups excluding carboxylic acids is 1. The molecule has 0 fully saturated rings. The fourth-order valence-electron chi connectivity index (χ4n) is 2.57. The van der Waals surface area contributed by atoms with Crippen LogP contribution < -0.4 is 5.32 Å². The average molecular weight is 292 g/mol. The molecule has 1 aromatic heterocycles. The zero-order valence-corrected chi connectivity index (χ0v) is 10.8. The molecule has 1 unspecified atom stereocenters. The fourth-order valence-corrected chi connectivity index (χ4v) is 2.57. The zero-order valence-electron chi connectivity index (χ0n) is 10.8. The molecule has 1 N–H and O–H groups in total. The van der Waals surface area contributed by atoms with Crippen LogP contribution in [0.15, 0.2) is 42.6 Å². The quantitative estimate of drug-likeness (QED) is 0.873. The van der Waals surface area contributed by atoms with Gasteiger partial charge in [0.1, 0.15) is 0 Å². The molecule has 1 aliphatic rings. The minimum absolute atomic E-state index is 0.0886. The van der Waals surface area contributed by atoms with E-state index in [1.54, 1.807) is 30.5 Å². The number of hydrogen-bond donors (Lipinski definition) is 1. The molecule has 3 nitrogen and oxygen atoms in total. The van der Waals surface area contributed by atoms with Crippen LogP contribution >= 0.6 is 0 Å². The van der Waals surface area contributed by atoms with Gasteiger partial charge in [-0.2, -0.15) is 13.2 Å². The molecule has 0 radical (unpaired) electrons. The Labute approximate surface area is 118 Å². The van der Waals surface area contributed by atoms with Gasteiger partial charge in [-0.1, -0.05) is 18.2 Å². The van der Waals surface area contributed by atoms with Gasteiger partial charge < -0.3 is 5.32 Å². The van der Waals surface area contributed by atoms with Crippen LogP contribution in [0, 0.1) is 0 Å². The second-order valence-corrected chi connectivity index (χ2v) is 4.83. The van der Waals surface area contributed by atoms with Gasteiger partial charge in [0.2, 0.25) is 5.91 Å². The fraction of sp³-hybridized carbons (Fsp3) is 0.200. The van der Waals surface area contributed by atoms with Gasteiger partial charge in [0.15, 0.2) is 0 Å². The monoisotopic (exact) mass is 292 g/mol. The smallest absolute Gasteiger partial charge is 0.325 e. The number of para-hydroxylation sites is 1. The first-order valence-electron chi connectivity index (χ1n) is 6.37. The average Bonchev–Trinajstić information content (AvgIpc) is 2.45. The van der Waals surface area contributed by atoms with Gasteiger partial charge in [-0.25, -0.2) is 0 Å². The number of hydrogen-bond acceptors (Lipinski definition) is 2. The Morgan fingerprint density at radius 1 is 1.14 bits per heavy atom. The van der Waals surface area contributed by atoms with Crippen molar-refractivity contribution in [1.29, 1.82) is 0 Å². The van der Waals surface area contributed by atoms with E-state index in [0.717, 1.165) is 6.07 Å². The van der Waals surface area contributed by atoms with Gasteiger partial charge in [0.05, 0.1) is 11.3 Å². The molecule has 1 aromatic carbocycles. The number of alkyl halides is 3. The number of amides is 1. The van der Waals surface area contributed by atoms with Crippen LogP contribution in [-0.2, 0) is 11.0 Å². The summed E-state index contributed by atoms with van der Waals surface area (Å²) in [6.07, 6.45) is -2.86. The van der Waals surface area contributed by atoms with Crippen LogP contribution in [0.1, 0.15) is 29.2 Å². The van der Waals surface area contributed by atoms with Crippen molar-refractivity contribution in [2.24, 2.45) is 0 Å². The molecule has 1 aliphatic heterocycles. The highest BCUT2D eigenvalue weighted by Crippen LogP contribution is 2.43. The first-order valence-corrected chi connectivity index (χ1v) is 6.37. The lowest BCUT2D eigenvalue weighted by Gasteiger charge is -2.27. The molecule has 0 spiro atoms. The van der Waals surface area contributed by atoms with Crippen molar-refractivity contribution in [2.45, 2.75) is 18.5 Å². The summed E-state index contributed by atoms with van der Waals surface area (Å²) in [6, 6.07) is 9.12. The Kier molecular flexibility index (Phi) is 3.16. The maximum absolute atomic E-state index is 13.1. The Morgan fingerprint density at radius 2 is 1.95 bits per heavy atom. The van der Waals surface area contributed by atoms with Crippen LogP contribution in [0.4, 0.5) is 18.9 Å². The van der Waals surface area contributed by atoms with Crippen molar-refractivity contribution in [3.05, 3.63) is 59.4 Å². The highest BCUT2D eigenvalue weighted by Gasteiger charge is 2.38. The lowest BCUT2D eigenvalue weighted by Crippen LogP contribution is -2.26. The summed E-state index contributed by atoms with van der Waals surface area (Å²) in [6.45, 7) is 0. The minimum atomic E-state index is -4.51. The number of pyridine rings is 1. The first kappa shape index (κ1) is 13.6. The van der Waals surface area contributed by atoms with Crippen LogP contribution in [0.25, 0.3) is 0 Å². The zero-order chi connectivity index (χ0) is 15.0. The summed E-state index contributed by atoms with van der Waals surface area (Å²) in [5, 5.41) is 2.35. The second-order valence-electron chi connectivity index (χ2n) is 4.83. The van der Waals surface area contributed by atoms with Crippen molar-refractivity contribution in [1.82, 2.24) is 4.98 Å². The standard InChI is InChI=1S/C15H11F3N2O/c16-15(17,18)11-5-3-4-9-10(8-13(21)20-14(9)11)12-6-1-2-7-19-12/h1-7,10H,8H2,(H,20,21). The lowest BCUT2D eigenvalue weighted by atomic mass is 9.86. The predicted molar refractivity (Wildman–Crippen MR) is 70.8 cm³/mol. The van der Waals surface area contributed by atoms with Gasteiger partial charge >= 0.3 is 6.18 Å². The largest absolute Gasteiger partial charge is 0.418 e. The molecule has 21 heavy (non-hydrogen) atoms. The number of benzene rings is 1. The molecule has 108 valence electrons. The third-order valence-electron chi connectivity index (χ3n) is 3.48. The van der Waals surface area contributed by atoms with E-state index in [4.69, 9.17) is 0 Å². The van der Waals surface area contributed by atoms with Crippen molar-refractivity contribution in [2.75, 3.05) is 5.32 Å². The molecule has 1 amide bonds. The van der Waals surface area contributed by atoms with E-state index in [1.165, 1.54) is 6.07 Å². The summed E-state index contributed by atoms with van der Waals surface area (Å²) in [4.78, 5) is 15.9. The van der Waals surface area contributed by atoms with Gasteiger partial charge in [-0.3, -0.25) is 9.78 Å². The summed E-state index contributed by atoms with van der Waals surface area (Å²) >= 11 is 0. The van der Waals surface area contributed by atoms with Gasteiger partial charge in [0, 0.05) is 24.2 Å². The number of carbonyl (C=O) groups is 1. The summed E-state index contributed by atoms with van der Waals surface area (Å²) in [5.74, 6) is -0.896. The van der Waals surface area contributed by atoms with E-state index in [9.17, 15) is 18.0 Å². The molecule has 2 heterocycles. The third-order valence-corrected chi connectivity index (χ3v) is 3.48. The highest BCUT2D eigenvalue weighted by molar-refractivity contribution is 5.96. The number of nitrogens with zero attached hydrogens (tertiary/aromatic N) is 1. The van der Waals surface area contributed by atoms with E-state index in [2.05, 4.69) is 10.3 Å². The lowest BCUT2D eigenvalue weighted by molar-refractivity contribution is -0.137. The molecule has 2 aromatic rings. The Hall–Kier alpha value is -2.37. The number of nitrogens with one attached hydrogen (secondary N) is 1. The van der Waals surface area contributed by atoms with E-state index in [1.807, 2.05) is 0 Å². The SMILES string of the molecule is O=C1CC(c2ccccn2)c2cccc(C(F)(F)F)c2N1. The highest BCUT2D eigenvalue weighted by atomic mass is 19.4. The number of rotatable bonds is 1. The number of fused-ring (bicyclic) bond motifs is 1. The summed E-state index contributed by atoms with van der Waals surface area (Å²) in [7, 11) is 0. The van der Waals surface area contributed by atoms with Crippen molar-refractivity contribution < 1.29 is 18.0 Å². The van der Waals surface area contributed by atoms with Gasteiger partial charge in [-0.05, 0) is 23.8 Å². The normalized spacial score (nSPS) is 18.0. The second kappa shape index (κ2) is 4.87. The molecule has 6 heteroatoms. The molecular weight excluding hydrogens is 281 g/mol. The maximum atomic E-state index is 13.1. The van der Waals surface area contributed by atoms with Gasteiger partial charge in [0.25, 0.3) is 0 Å². The van der Waals surface area contributed by atoms with Crippen LogP contribution in [0.5, 0.6) is 0 Å². The van der Waals surface area contributed by atoms with E-state index >= 15 is 0 Å². The molecule has 0 saturated heterocycles. The minimum Gasteiger partial charge on any atom is -0.325 e.